The molecule has 2 bridgehead atoms. The van der Waals surface area contributed by atoms with Crippen LogP contribution in [0.2, 0.25) is 6.82 Å². The van der Waals surface area contributed by atoms with Crippen LogP contribution in [-0.4, -0.2) is 41.7 Å². The van der Waals surface area contributed by atoms with Crippen LogP contribution in [0.1, 0.15) is 6.42 Å². The van der Waals surface area contributed by atoms with Crippen LogP contribution in [0.15, 0.2) is 0 Å². The van der Waals surface area contributed by atoms with Gasteiger partial charge in [-0.15, -0.1) is 0 Å². The summed E-state index contributed by atoms with van der Waals surface area (Å²) in [6.45, 7) is 2.43. The molecule has 12 heavy (non-hydrogen) atoms. The smallest absolute Gasteiger partial charge is 0.376 e. The number of alkyl halides is 1. The average molecular weight is 172 g/mol. The normalized spacial score (nSPS) is 47.0. The van der Waals surface area contributed by atoms with Crippen LogP contribution in [-0.2, 0) is 0 Å². The predicted molar refractivity (Wildman–Crippen MR) is 45.3 cm³/mol. The predicted octanol–water partition coefficient (Wildman–Crippen LogP) is -0.534. The Balaban J connectivity index is 2.10. The molecule has 3 nitrogen and oxygen atoms in total. The minimum atomic E-state index is -0.946. The van der Waals surface area contributed by atoms with E-state index in [4.69, 9.17) is 5.73 Å². The Kier molecular flexibility index (Phi) is 1.90. The van der Waals surface area contributed by atoms with E-state index in [-0.39, 0.29) is 18.0 Å². The van der Waals surface area contributed by atoms with Crippen molar-refractivity contribution in [3.8, 4) is 0 Å². The number of fused-ring (bicyclic) bond motifs is 2. The van der Waals surface area contributed by atoms with Crippen molar-refractivity contribution in [2.45, 2.75) is 31.5 Å². The molecule has 1 saturated heterocycles. The Morgan fingerprint density at radius 2 is 2.33 bits per heavy atom. The third-order valence-corrected chi connectivity index (χ3v) is 3.18. The van der Waals surface area contributed by atoms with Crippen molar-refractivity contribution in [3.05, 3.63) is 0 Å². The minimum Gasteiger partial charge on any atom is -0.437 e. The molecule has 0 aromatic carbocycles. The summed E-state index contributed by atoms with van der Waals surface area (Å²) in [7, 11) is -0.536. The second kappa shape index (κ2) is 2.68. The molecule has 0 radical (unpaired) electrons. The minimum absolute atomic E-state index is 0.134. The third-order valence-electron chi connectivity index (χ3n) is 3.18. The standard InChI is InChI=1S/C7H14BFN2O/c1-8(12)11-3-4-2-5(11)6(9)7(4)10/h4-7,12H,2-3,10H2,1H3/t4?,5?,6-,7+/m1/s1. The van der Waals surface area contributed by atoms with Crippen molar-refractivity contribution in [3.63, 3.8) is 0 Å². The van der Waals surface area contributed by atoms with Crippen LogP contribution in [0.3, 0.4) is 0 Å². The average Bonchev–Trinajstić information content (AvgIpc) is 2.53. The highest BCUT2D eigenvalue weighted by Gasteiger charge is 2.52. The summed E-state index contributed by atoms with van der Waals surface area (Å²) in [6.07, 6.45) is -0.133. The van der Waals surface area contributed by atoms with Crippen molar-refractivity contribution in [2.24, 2.45) is 11.7 Å². The lowest BCUT2D eigenvalue weighted by molar-refractivity contribution is 0.153. The van der Waals surface area contributed by atoms with Gasteiger partial charge < -0.3 is 15.6 Å². The zero-order valence-corrected chi connectivity index (χ0v) is 7.15. The number of halogens is 1. The number of rotatable bonds is 1. The summed E-state index contributed by atoms with van der Waals surface area (Å²) in [6, 6.07) is -0.435. The van der Waals surface area contributed by atoms with Crippen LogP contribution in [0.5, 0.6) is 0 Å². The quantitative estimate of drug-likeness (QED) is 0.522. The molecule has 5 heteroatoms. The molecule has 0 spiro atoms. The van der Waals surface area contributed by atoms with Gasteiger partial charge in [0.25, 0.3) is 0 Å². The van der Waals surface area contributed by atoms with Crippen molar-refractivity contribution in [2.75, 3.05) is 6.54 Å². The molecule has 2 fully saturated rings. The van der Waals surface area contributed by atoms with Crippen molar-refractivity contribution >= 4 is 7.05 Å². The van der Waals surface area contributed by atoms with E-state index in [2.05, 4.69) is 0 Å². The first-order valence-corrected chi connectivity index (χ1v) is 4.44. The summed E-state index contributed by atoms with van der Waals surface area (Å²) < 4.78 is 13.3. The fraction of sp³-hybridized carbons (Fsp3) is 1.00. The molecule has 2 aliphatic rings. The van der Waals surface area contributed by atoms with E-state index in [0.717, 1.165) is 13.0 Å². The first-order valence-electron chi connectivity index (χ1n) is 4.44. The highest BCUT2D eigenvalue weighted by atomic mass is 19.1. The zero-order valence-electron chi connectivity index (χ0n) is 7.15. The Morgan fingerprint density at radius 1 is 1.67 bits per heavy atom. The van der Waals surface area contributed by atoms with Crippen molar-refractivity contribution in [1.29, 1.82) is 0 Å². The van der Waals surface area contributed by atoms with E-state index < -0.39 is 13.2 Å². The third kappa shape index (κ3) is 1.00. The molecule has 0 amide bonds. The van der Waals surface area contributed by atoms with Gasteiger partial charge in [0, 0.05) is 12.1 Å². The number of nitrogens with zero attached hydrogens (tertiary/aromatic N) is 1. The lowest BCUT2D eigenvalue weighted by atomic mass is 9.82. The molecule has 68 valence electrons. The molecule has 0 aromatic rings. The highest BCUT2D eigenvalue weighted by molar-refractivity contribution is 6.45. The molecule has 1 aliphatic carbocycles. The van der Waals surface area contributed by atoms with Gasteiger partial charge in [0.15, 0.2) is 0 Å². The van der Waals surface area contributed by atoms with Gasteiger partial charge in [0.2, 0.25) is 0 Å². The monoisotopic (exact) mass is 172 g/mol. The van der Waals surface area contributed by atoms with E-state index in [1.165, 1.54) is 0 Å². The van der Waals surface area contributed by atoms with Crippen molar-refractivity contribution in [1.82, 2.24) is 4.81 Å². The van der Waals surface area contributed by atoms with Crippen molar-refractivity contribution < 1.29 is 9.41 Å². The van der Waals surface area contributed by atoms with Crippen LogP contribution in [0, 0.1) is 5.92 Å². The molecule has 3 N–H and O–H groups in total. The van der Waals surface area contributed by atoms with Gasteiger partial charge in [0.1, 0.15) is 6.17 Å². The molecular formula is C7H14BFN2O. The van der Waals surface area contributed by atoms with Gasteiger partial charge >= 0.3 is 7.05 Å². The number of hydrogen-bond donors (Lipinski definition) is 2. The Bertz CT molecular complexity index is 190. The first kappa shape index (κ1) is 8.47. The maximum Gasteiger partial charge on any atom is 0.376 e. The fourth-order valence-corrected chi connectivity index (χ4v) is 2.46. The Morgan fingerprint density at radius 3 is 2.75 bits per heavy atom. The molecule has 2 rings (SSSR count). The zero-order chi connectivity index (χ0) is 8.88. The number of piperidine rings is 1. The summed E-state index contributed by atoms with van der Waals surface area (Å²) in [4.78, 5) is 1.80. The number of hydrogen-bond acceptors (Lipinski definition) is 3. The van der Waals surface area contributed by atoms with Gasteiger partial charge in [-0.1, -0.05) is 0 Å². The molecule has 4 atom stereocenters. The molecular weight excluding hydrogens is 158 g/mol. The van der Waals surface area contributed by atoms with E-state index in [1.54, 1.807) is 11.6 Å². The van der Waals surface area contributed by atoms with E-state index in [9.17, 15) is 9.41 Å². The van der Waals surface area contributed by atoms with Crippen LogP contribution in [0.25, 0.3) is 0 Å². The topological polar surface area (TPSA) is 49.5 Å². The Labute approximate surface area is 71.9 Å². The van der Waals surface area contributed by atoms with Gasteiger partial charge in [-0.3, -0.25) is 0 Å². The molecule has 2 unspecified atom stereocenters. The lowest BCUT2D eigenvalue weighted by Crippen LogP contribution is -2.54. The van der Waals surface area contributed by atoms with Crippen LogP contribution >= 0.6 is 0 Å². The van der Waals surface area contributed by atoms with Gasteiger partial charge in [-0.05, 0) is 25.7 Å². The van der Waals surface area contributed by atoms with E-state index >= 15 is 0 Å². The fourth-order valence-electron chi connectivity index (χ4n) is 2.46. The molecule has 1 saturated carbocycles. The second-order valence-electron chi connectivity index (χ2n) is 3.91. The maximum atomic E-state index is 13.3. The summed E-state index contributed by atoms with van der Waals surface area (Å²) in [5.74, 6) is 0.250. The maximum absolute atomic E-state index is 13.3. The van der Waals surface area contributed by atoms with Crippen LogP contribution in [0.4, 0.5) is 4.39 Å². The molecule has 1 heterocycles. The highest BCUT2D eigenvalue weighted by Crippen LogP contribution is 2.38. The second-order valence-corrected chi connectivity index (χ2v) is 3.91. The molecule has 1 aliphatic heterocycles. The van der Waals surface area contributed by atoms with E-state index in [0.29, 0.717) is 0 Å². The van der Waals surface area contributed by atoms with Gasteiger partial charge in [-0.2, -0.15) is 0 Å². The summed E-state index contributed by atoms with van der Waals surface area (Å²) in [5.41, 5.74) is 5.64. The summed E-state index contributed by atoms with van der Waals surface area (Å²) >= 11 is 0. The van der Waals surface area contributed by atoms with E-state index in [1.807, 2.05) is 0 Å². The Hall–Kier alpha value is -0.125. The number of nitrogens with two attached hydrogens (primary N) is 1. The van der Waals surface area contributed by atoms with Gasteiger partial charge in [0.05, 0.1) is 0 Å². The molecule has 0 aromatic heterocycles. The summed E-state index contributed by atoms with van der Waals surface area (Å²) in [5, 5.41) is 9.30. The van der Waals surface area contributed by atoms with Gasteiger partial charge in [-0.25, -0.2) is 4.39 Å². The lowest BCUT2D eigenvalue weighted by Gasteiger charge is -2.33. The SMILES string of the molecule is CB(O)N1CC2CC1[C@@H](F)[C@H]2N. The van der Waals surface area contributed by atoms with Crippen LogP contribution < -0.4 is 5.73 Å². The first-order chi connectivity index (χ1) is 5.61. The largest absolute Gasteiger partial charge is 0.437 e.